The van der Waals surface area contributed by atoms with Gasteiger partial charge in [0.05, 0.1) is 16.7 Å². The second kappa shape index (κ2) is 7.05. The fraction of sp³-hybridized carbons (Fsp3) is 0.389. The molecule has 0 fully saturated rings. The van der Waals surface area contributed by atoms with Crippen LogP contribution in [-0.4, -0.2) is 44.6 Å². The van der Waals surface area contributed by atoms with E-state index in [1.54, 1.807) is 11.9 Å². The van der Waals surface area contributed by atoms with Gasteiger partial charge in [0, 0.05) is 24.8 Å². The molecule has 1 amide bonds. The number of rotatable bonds is 5. The lowest BCUT2D eigenvalue weighted by molar-refractivity contribution is -0.144. The summed E-state index contributed by atoms with van der Waals surface area (Å²) in [5.41, 5.74) is 3.80. The van der Waals surface area contributed by atoms with E-state index in [9.17, 15) is 18.0 Å². The van der Waals surface area contributed by atoms with Crippen LogP contribution in [0.2, 0.25) is 0 Å². The number of alkyl halides is 3. The van der Waals surface area contributed by atoms with Crippen LogP contribution in [0.5, 0.6) is 0 Å². The molecular weight excluding hydrogens is 359 g/mol. The number of aryl methyl sites for hydroxylation is 2. The average Bonchev–Trinajstić information content (AvgIpc) is 3.18. The third kappa shape index (κ3) is 3.96. The lowest BCUT2D eigenvalue weighted by atomic mass is 10.1. The number of carbonyl (C=O) groups excluding carboxylic acids is 1. The summed E-state index contributed by atoms with van der Waals surface area (Å²) in [4.78, 5) is 19.9. The Hall–Kier alpha value is -2.84. The zero-order valence-electron chi connectivity index (χ0n) is 15.2. The second-order valence-corrected chi connectivity index (χ2v) is 6.56. The molecule has 1 aromatic carbocycles. The molecule has 0 unspecified atom stereocenters. The van der Waals surface area contributed by atoms with Crippen molar-refractivity contribution in [2.75, 3.05) is 13.6 Å². The molecule has 2 aromatic heterocycles. The van der Waals surface area contributed by atoms with Gasteiger partial charge >= 0.3 is 6.18 Å². The molecule has 0 bridgehead atoms. The Morgan fingerprint density at radius 2 is 2.00 bits per heavy atom. The van der Waals surface area contributed by atoms with Crippen molar-refractivity contribution in [1.82, 2.24) is 25.1 Å². The van der Waals surface area contributed by atoms with Gasteiger partial charge in [-0.15, -0.1) is 0 Å². The monoisotopic (exact) mass is 379 g/mol. The number of imidazole rings is 1. The normalized spacial score (nSPS) is 11.9. The molecule has 0 saturated heterocycles. The summed E-state index contributed by atoms with van der Waals surface area (Å²) in [5.74, 6) is -1.32. The molecular formula is C18H20F3N5O. The minimum atomic E-state index is -4.55. The number of nitrogens with one attached hydrogen (secondary N) is 2. The first-order valence-corrected chi connectivity index (χ1v) is 8.49. The second-order valence-electron chi connectivity index (χ2n) is 6.56. The van der Waals surface area contributed by atoms with Crippen molar-refractivity contribution >= 4 is 16.9 Å². The lowest BCUT2D eigenvalue weighted by Crippen LogP contribution is -2.28. The van der Waals surface area contributed by atoms with Crippen LogP contribution in [0.1, 0.15) is 39.6 Å². The average molecular weight is 379 g/mol. The number of aromatic nitrogens is 4. The van der Waals surface area contributed by atoms with Crippen molar-refractivity contribution in [2.45, 2.75) is 32.9 Å². The molecule has 3 aromatic rings. The van der Waals surface area contributed by atoms with Gasteiger partial charge in [-0.2, -0.15) is 18.3 Å². The summed E-state index contributed by atoms with van der Waals surface area (Å²) in [6, 6.07) is 4.31. The molecule has 144 valence electrons. The summed E-state index contributed by atoms with van der Waals surface area (Å²) >= 11 is 0. The molecule has 0 atom stereocenters. The van der Waals surface area contributed by atoms with Crippen molar-refractivity contribution in [3.05, 3.63) is 46.5 Å². The van der Waals surface area contributed by atoms with Crippen LogP contribution in [0.4, 0.5) is 13.2 Å². The van der Waals surface area contributed by atoms with Crippen molar-refractivity contribution in [1.29, 1.82) is 0 Å². The number of fused-ring (bicyclic) bond motifs is 1. The Morgan fingerprint density at radius 3 is 2.63 bits per heavy atom. The van der Waals surface area contributed by atoms with Gasteiger partial charge in [0.15, 0.2) is 0 Å². The Morgan fingerprint density at radius 1 is 1.26 bits per heavy atom. The molecule has 27 heavy (non-hydrogen) atoms. The number of carbonyl (C=O) groups is 1. The fourth-order valence-electron chi connectivity index (χ4n) is 3.03. The number of benzene rings is 1. The molecule has 9 heteroatoms. The first-order chi connectivity index (χ1) is 12.7. The smallest absolute Gasteiger partial charge is 0.342 e. The largest absolute Gasteiger partial charge is 0.449 e. The SMILES string of the molecule is Cc1n[nH]c(C)c1CCCN(C)C(=O)c1ccc2nc(C(F)(F)F)[nH]c2c1. The van der Waals surface area contributed by atoms with Gasteiger partial charge in [-0.1, -0.05) is 0 Å². The summed E-state index contributed by atoms with van der Waals surface area (Å²) in [6.07, 6.45) is -3.00. The maximum absolute atomic E-state index is 12.8. The lowest BCUT2D eigenvalue weighted by Gasteiger charge is -2.17. The van der Waals surface area contributed by atoms with E-state index in [1.807, 2.05) is 13.8 Å². The zero-order valence-corrected chi connectivity index (χ0v) is 15.2. The van der Waals surface area contributed by atoms with Crippen molar-refractivity contribution in [3.63, 3.8) is 0 Å². The molecule has 6 nitrogen and oxygen atoms in total. The van der Waals surface area contributed by atoms with E-state index in [-0.39, 0.29) is 16.9 Å². The van der Waals surface area contributed by atoms with Gasteiger partial charge in [0.2, 0.25) is 5.82 Å². The topological polar surface area (TPSA) is 77.7 Å². The van der Waals surface area contributed by atoms with E-state index in [0.717, 1.165) is 29.8 Å². The number of hydrogen-bond donors (Lipinski definition) is 2. The van der Waals surface area contributed by atoms with Crippen LogP contribution in [0.25, 0.3) is 11.0 Å². The molecule has 2 heterocycles. The van der Waals surface area contributed by atoms with Gasteiger partial charge in [-0.05, 0) is 50.5 Å². The molecule has 0 aliphatic rings. The summed E-state index contributed by atoms with van der Waals surface area (Å²) in [5, 5.41) is 7.08. The maximum Gasteiger partial charge on any atom is 0.449 e. The van der Waals surface area contributed by atoms with E-state index >= 15 is 0 Å². The molecule has 0 spiro atoms. The summed E-state index contributed by atoms with van der Waals surface area (Å²) < 4.78 is 38.3. The highest BCUT2D eigenvalue weighted by Crippen LogP contribution is 2.28. The van der Waals surface area contributed by atoms with Gasteiger partial charge in [-0.25, -0.2) is 4.98 Å². The molecule has 3 rings (SSSR count). The molecule has 0 saturated carbocycles. The van der Waals surface area contributed by atoms with Crippen LogP contribution in [0.15, 0.2) is 18.2 Å². The van der Waals surface area contributed by atoms with E-state index in [2.05, 4.69) is 20.2 Å². The number of nitrogens with zero attached hydrogens (tertiary/aromatic N) is 3. The van der Waals surface area contributed by atoms with Gasteiger partial charge in [0.1, 0.15) is 0 Å². The van der Waals surface area contributed by atoms with Crippen molar-refractivity contribution in [2.24, 2.45) is 0 Å². The van der Waals surface area contributed by atoms with E-state index in [4.69, 9.17) is 0 Å². The number of H-pyrrole nitrogens is 2. The number of hydrogen-bond acceptors (Lipinski definition) is 3. The highest BCUT2D eigenvalue weighted by atomic mass is 19.4. The third-order valence-electron chi connectivity index (χ3n) is 4.55. The van der Waals surface area contributed by atoms with Gasteiger partial charge < -0.3 is 9.88 Å². The fourth-order valence-corrected chi connectivity index (χ4v) is 3.03. The summed E-state index contributed by atoms with van der Waals surface area (Å²) in [6.45, 7) is 4.42. The van der Waals surface area contributed by atoms with E-state index < -0.39 is 12.0 Å². The molecule has 0 aliphatic carbocycles. The Kier molecular flexibility index (Phi) is 4.95. The number of halogens is 3. The zero-order chi connectivity index (χ0) is 19.8. The van der Waals surface area contributed by atoms with Gasteiger partial charge in [-0.3, -0.25) is 9.89 Å². The first-order valence-electron chi connectivity index (χ1n) is 8.49. The predicted molar refractivity (Wildman–Crippen MR) is 94.4 cm³/mol. The quantitative estimate of drug-likeness (QED) is 0.711. The van der Waals surface area contributed by atoms with Gasteiger partial charge in [0.25, 0.3) is 5.91 Å². The Labute approximate surface area is 153 Å². The highest BCUT2D eigenvalue weighted by Gasteiger charge is 2.34. The van der Waals surface area contributed by atoms with Crippen LogP contribution in [-0.2, 0) is 12.6 Å². The maximum atomic E-state index is 12.8. The Balaban J connectivity index is 1.67. The van der Waals surface area contributed by atoms with Crippen LogP contribution >= 0.6 is 0 Å². The van der Waals surface area contributed by atoms with Crippen LogP contribution in [0, 0.1) is 13.8 Å². The van der Waals surface area contributed by atoms with E-state index in [0.29, 0.717) is 12.1 Å². The highest BCUT2D eigenvalue weighted by molar-refractivity contribution is 5.97. The summed E-state index contributed by atoms with van der Waals surface area (Å²) in [7, 11) is 1.68. The number of amides is 1. The number of aromatic amines is 2. The van der Waals surface area contributed by atoms with Crippen LogP contribution < -0.4 is 0 Å². The molecule has 0 aliphatic heterocycles. The Bertz CT molecular complexity index is 954. The van der Waals surface area contributed by atoms with Crippen LogP contribution in [0.3, 0.4) is 0 Å². The molecule has 2 N–H and O–H groups in total. The standard InChI is InChI=1S/C18H20F3N5O/c1-10-13(11(2)25-24-10)5-4-8-26(3)16(27)12-6-7-14-15(9-12)23-17(22-14)18(19,20)21/h6-7,9H,4-5,8H2,1-3H3,(H,22,23)(H,24,25). The third-order valence-corrected chi connectivity index (χ3v) is 4.55. The minimum Gasteiger partial charge on any atom is -0.342 e. The van der Waals surface area contributed by atoms with E-state index in [1.165, 1.54) is 18.2 Å². The minimum absolute atomic E-state index is 0.174. The predicted octanol–water partition coefficient (Wildman–Crippen LogP) is 3.63. The van der Waals surface area contributed by atoms with Crippen molar-refractivity contribution in [3.8, 4) is 0 Å². The first kappa shape index (κ1) is 18.9. The van der Waals surface area contributed by atoms with Crippen molar-refractivity contribution < 1.29 is 18.0 Å². The molecule has 0 radical (unpaired) electrons.